The monoisotopic (exact) mass is 406 g/mol. The van der Waals surface area contributed by atoms with Crippen LogP contribution in [0.1, 0.15) is 25.0 Å². The van der Waals surface area contributed by atoms with E-state index in [0.29, 0.717) is 12.3 Å². The molecule has 2 aromatic rings. The Hall–Kier alpha value is -2.41. The van der Waals surface area contributed by atoms with Crippen LogP contribution in [0.5, 0.6) is 0 Å². The lowest BCUT2D eigenvalue weighted by molar-refractivity contribution is -0.138. The van der Waals surface area contributed by atoms with Crippen molar-refractivity contribution in [1.29, 1.82) is 0 Å². The molecule has 0 saturated heterocycles. The fourth-order valence-electron chi connectivity index (χ4n) is 2.61. The van der Waals surface area contributed by atoms with E-state index in [1.54, 1.807) is 31.2 Å². The van der Waals surface area contributed by atoms with Crippen LogP contribution in [0.25, 0.3) is 0 Å². The zero-order valence-electron chi connectivity index (χ0n) is 16.0. The molecule has 4 nitrogen and oxygen atoms in total. The van der Waals surface area contributed by atoms with Gasteiger partial charge < -0.3 is 10.2 Å². The van der Waals surface area contributed by atoms with Gasteiger partial charge in [0.25, 0.3) is 0 Å². The summed E-state index contributed by atoms with van der Waals surface area (Å²) in [6, 6.07) is 11.4. The van der Waals surface area contributed by atoms with Crippen molar-refractivity contribution in [3.8, 4) is 0 Å². The third kappa shape index (κ3) is 6.64. The molecule has 2 amide bonds. The van der Waals surface area contributed by atoms with Gasteiger partial charge in [0.15, 0.2) is 0 Å². The van der Waals surface area contributed by atoms with Crippen LogP contribution in [0, 0.1) is 11.6 Å². The van der Waals surface area contributed by atoms with E-state index >= 15 is 0 Å². The second-order valence-electron chi connectivity index (χ2n) is 6.34. The molecule has 2 rings (SSSR count). The van der Waals surface area contributed by atoms with Crippen molar-refractivity contribution in [2.24, 2.45) is 0 Å². The number of carbonyl (C=O) groups excluding carboxylic acids is 2. The normalized spacial score (nSPS) is 11.7. The molecule has 0 spiro atoms. The summed E-state index contributed by atoms with van der Waals surface area (Å²) in [7, 11) is 0. The number of rotatable bonds is 9. The Morgan fingerprint density at radius 1 is 1.00 bits per heavy atom. The van der Waals surface area contributed by atoms with Crippen LogP contribution in [0.2, 0.25) is 0 Å². The smallest absolute Gasteiger partial charge is 0.242 e. The van der Waals surface area contributed by atoms with E-state index in [2.05, 4.69) is 5.32 Å². The highest BCUT2D eigenvalue weighted by Crippen LogP contribution is 2.16. The third-order valence-electron chi connectivity index (χ3n) is 4.19. The zero-order valence-corrected chi connectivity index (χ0v) is 16.8. The Labute approximate surface area is 168 Å². The van der Waals surface area contributed by atoms with Crippen LogP contribution >= 0.6 is 11.8 Å². The van der Waals surface area contributed by atoms with E-state index in [1.807, 2.05) is 6.92 Å². The molecule has 28 heavy (non-hydrogen) atoms. The van der Waals surface area contributed by atoms with E-state index in [4.69, 9.17) is 0 Å². The SMILES string of the molecule is CCNC(=O)C(C)N(Cc1ccc(F)cc1)C(=O)CSCc1ccc(F)cc1. The predicted molar refractivity (Wildman–Crippen MR) is 108 cm³/mol. The average Bonchev–Trinajstić information content (AvgIpc) is 2.68. The van der Waals surface area contributed by atoms with Crippen LogP contribution in [0.3, 0.4) is 0 Å². The van der Waals surface area contributed by atoms with Crippen LogP contribution in [0.4, 0.5) is 8.78 Å². The Morgan fingerprint density at radius 2 is 1.54 bits per heavy atom. The van der Waals surface area contributed by atoms with Gasteiger partial charge >= 0.3 is 0 Å². The van der Waals surface area contributed by atoms with Gasteiger partial charge in [-0.1, -0.05) is 24.3 Å². The summed E-state index contributed by atoms with van der Waals surface area (Å²) >= 11 is 1.40. The molecular weight excluding hydrogens is 382 g/mol. The maximum Gasteiger partial charge on any atom is 0.242 e. The molecule has 0 saturated carbocycles. The number of thioether (sulfide) groups is 1. The topological polar surface area (TPSA) is 49.4 Å². The Kier molecular flexibility index (Phi) is 8.44. The lowest BCUT2D eigenvalue weighted by atomic mass is 10.1. The quantitative estimate of drug-likeness (QED) is 0.690. The summed E-state index contributed by atoms with van der Waals surface area (Å²) in [6.45, 7) is 4.18. The Balaban J connectivity index is 2.03. The molecule has 7 heteroatoms. The minimum absolute atomic E-state index is 0.183. The second kappa shape index (κ2) is 10.8. The van der Waals surface area contributed by atoms with Crippen molar-refractivity contribution in [2.75, 3.05) is 12.3 Å². The van der Waals surface area contributed by atoms with Gasteiger partial charge in [-0.25, -0.2) is 8.78 Å². The minimum atomic E-state index is -0.649. The van der Waals surface area contributed by atoms with Gasteiger partial charge in [-0.15, -0.1) is 11.8 Å². The molecule has 150 valence electrons. The summed E-state index contributed by atoms with van der Waals surface area (Å²) in [6.07, 6.45) is 0. The summed E-state index contributed by atoms with van der Waals surface area (Å²) in [5, 5.41) is 2.73. The molecule has 0 aromatic heterocycles. The van der Waals surface area contributed by atoms with Crippen molar-refractivity contribution in [1.82, 2.24) is 10.2 Å². The number of halogens is 2. The first-order valence-electron chi connectivity index (χ1n) is 9.04. The lowest BCUT2D eigenvalue weighted by Crippen LogP contribution is -2.48. The highest BCUT2D eigenvalue weighted by molar-refractivity contribution is 7.99. The summed E-state index contributed by atoms with van der Waals surface area (Å²) < 4.78 is 26.1. The second-order valence-corrected chi connectivity index (χ2v) is 7.32. The predicted octanol–water partition coefficient (Wildman–Crippen LogP) is 3.75. The number of carbonyl (C=O) groups is 2. The third-order valence-corrected chi connectivity index (χ3v) is 5.18. The van der Waals surface area contributed by atoms with Crippen LogP contribution in [-0.4, -0.2) is 35.1 Å². The Morgan fingerprint density at radius 3 is 2.07 bits per heavy atom. The van der Waals surface area contributed by atoms with Gasteiger partial charge in [-0.05, 0) is 49.2 Å². The van der Waals surface area contributed by atoms with E-state index in [9.17, 15) is 18.4 Å². The standard InChI is InChI=1S/C21H24F2N2O2S/c1-3-24-21(27)15(2)25(12-16-4-8-18(22)9-5-16)20(26)14-28-13-17-6-10-19(23)11-7-17/h4-11,15H,3,12-14H2,1-2H3,(H,24,27). The van der Waals surface area contributed by atoms with Crippen LogP contribution in [0.15, 0.2) is 48.5 Å². The number of likely N-dealkylation sites (N-methyl/N-ethyl adjacent to an activating group) is 1. The lowest BCUT2D eigenvalue weighted by Gasteiger charge is -2.28. The van der Waals surface area contributed by atoms with Crippen molar-refractivity contribution >= 4 is 23.6 Å². The molecular formula is C21H24F2N2O2S. The molecule has 0 aliphatic rings. The number of hydrogen-bond acceptors (Lipinski definition) is 3. The molecule has 1 unspecified atom stereocenters. The minimum Gasteiger partial charge on any atom is -0.355 e. The van der Waals surface area contributed by atoms with Crippen molar-refractivity contribution < 1.29 is 18.4 Å². The molecule has 1 atom stereocenters. The summed E-state index contributed by atoms with van der Waals surface area (Å²) in [5.41, 5.74) is 1.66. The number of benzene rings is 2. The maximum atomic E-state index is 13.2. The highest BCUT2D eigenvalue weighted by atomic mass is 32.2. The molecule has 0 fully saturated rings. The van der Waals surface area contributed by atoms with Gasteiger partial charge in [-0.3, -0.25) is 9.59 Å². The van der Waals surface area contributed by atoms with Crippen molar-refractivity contribution in [2.45, 2.75) is 32.2 Å². The van der Waals surface area contributed by atoms with Gasteiger partial charge in [0.2, 0.25) is 11.8 Å². The maximum absolute atomic E-state index is 13.2. The summed E-state index contributed by atoms with van der Waals surface area (Å²) in [4.78, 5) is 26.5. The molecule has 0 bridgehead atoms. The van der Waals surface area contributed by atoms with Gasteiger partial charge in [0.05, 0.1) is 5.75 Å². The first-order valence-corrected chi connectivity index (χ1v) is 10.2. The number of hydrogen-bond donors (Lipinski definition) is 1. The van der Waals surface area contributed by atoms with Gasteiger partial charge in [-0.2, -0.15) is 0 Å². The summed E-state index contributed by atoms with van der Waals surface area (Å²) in [5.74, 6) is -0.329. The van der Waals surface area contributed by atoms with Gasteiger partial charge in [0, 0.05) is 18.8 Å². The fourth-order valence-corrected chi connectivity index (χ4v) is 3.48. The van der Waals surface area contributed by atoms with Crippen LogP contribution < -0.4 is 5.32 Å². The van der Waals surface area contributed by atoms with Crippen molar-refractivity contribution in [3.05, 3.63) is 71.3 Å². The van der Waals surface area contributed by atoms with Crippen molar-refractivity contribution in [3.63, 3.8) is 0 Å². The fraction of sp³-hybridized carbons (Fsp3) is 0.333. The van der Waals surface area contributed by atoms with Crippen LogP contribution in [-0.2, 0) is 21.9 Å². The van der Waals surface area contributed by atoms with Gasteiger partial charge in [0.1, 0.15) is 17.7 Å². The number of amides is 2. The molecule has 0 aliphatic carbocycles. The first-order chi connectivity index (χ1) is 13.4. The van der Waals surface area contributed by atoms with E-state index in [-0.39, 0.29) is 35.7 Å². The zero-order chi connectivity index (χ0) is 20.5. The average molecular weight is 406 g/mol. The largest absolute Gasteiger partial charge is 0.355 e. The van der Waals surface area contributed by atoms with E-state index in [0.717, 1.165) is 11.1 Å². The highest BCUT2D eigenvalue weighted by Gasteiger charge is 2.25. The van der Waals surface area contributed by atoms with E-state index in [1.165, 1.54) is 40.9 Å². The molecule has 0 heterocycles. The number of nitrogens with one attached hydrogen (secondary N) is 1. The molecule has 0 aliphatic heterocycles. The van der Waals surface area contributed by atoms with E-state index < -0.39 is 6.04 Å². The molecule has 0 radical (unpaired) electrons. The molecule has 2 aromatic carbocycles. The number of nitrogens with zero attached hydrogens (tertiary/aromatic N) is 1. The Bertz CT molecular complexity index is 782. The molecule has 1 N–H and O–H groups in total. The first kappa shape index (κ1) is 21.9.